The molecule has 3 rings (SSSR count). The number of carbonyl (C=O) groups excluding carboxylic acids is 1. The number of anilines is 3. The topological polar surface area (TPSA) is 62.8 Å². The standard InChI is InChI=1S/C18H21ClN4O/c1-22-7-9-23(10-8-22)15-5-6-17(16(20)12-15)21-18(24)13-3-2-4-14(19)11-13/h2-6,11-12H,7-10,20H2,1H3,(H,21,24)/p+1. The van der Waals surface area contributed by atoms with E-state index < -0.39 is 0 Å². The van der Waals surface area contributed by atoms with E-state index in [9.17, 15) is 4.79 Å². The molecule has 5 nitrogen and oxygen atoms in total. The number of benzene rings is 2. The van der Waals surface area contributed by atoms with Gasteiger partial charge >= 0.3 is 0 Å². The summed E-state index contributed by atoms with van der Waals surface area (Å²) < 4.78 is 0. The van der Waals surface area contributed by atoms with Crippen LogP contribution in [-0.4, -0.2) is 39.1 Å². The first-order valence-electron chi connectivity index (χ1n) is 8.05. The molecule has 0 spiro atoms. The van der Waals surface area contributed by atoms with Crippen LogP contribution in [-0.2, 0) is 0 Å². The number of hydrogen-bond acceptors (Lipinski definition) is 3. The van der Waals surface area contributed by atoms with Crippen molar-refractivity contribution in [1.29, 1.82) is 0 Å². The lowest BCUT2D eigenvalue weighted by Gasteiger charge is -2.32. The summed E-state index contributed by atoms with van der Waals surface area (Å²) >= 11 is 5.93. The van der Waals surface area contributed by atoms with Gasteiger partial charge in [-0.15, -0.1) is 0 Å². The average Bonchev–Trinajstić information content (AvgIpc) is 2.57. The lowest BCUT2D eigenvalue weighted by Crippen LogP contribution is -3.12. The molecule has 6 heteroatoms. The van der Waals surface area contributed by atoms with Crippen LogP contribution in [0.5, 0.6) is 0 Å². The highest BCUT2D eigenvalue weighted by Gasteiger charge is 2.18. The van der Waals surface area contributed by atoms with Gasteiger partial charge in [0.25, 0.3) is 5.91 Å². The summed E-state index contributed by atoms with van der Waals surface area (Å²) in [5.41, 5.74) is 8.92. The Hall–Kier alpha value is -2.24. The molecule has 0 saturated carbocycles. The maximum absolute atomic E-state index is 12.3. The molecular weight excluding hydrogens is 324 g/mol. The molecule has 0 radical (unpaired) electrons. The summed E-state index contributed by atoms with van der Waals surface area (Å²) in [6.45, 7) is 4.26. The lowest BCUT2D eigenvalue weighted by molar-refractivity contribution is -0.880. The molecule has 24 heavy (non-hydrogen) atoms. The van der Waals surface area contributed by atoms with Crippen molar-refractivity contribution in [2.24, 2.45) is 0 Å². The van der Waals surface area contributed by atoms with E-state index in [2.05, 4.69) is 17.3 Å². The third-order valence-corrected chi connectivity index (χ3v) is 4.59. The molecule has 4 N–H and O–H groups in total. The van der Waals surface area contributed by atoms with Crippen LogP contribution < -0.4 is 20.9 Å². The highest BCUT2D eigenvalue weighted by atomic mass is 35.5. The second-order valence-electron chi connectivity index (χ2n) is 6.18. The highest BCUT2D eigenvalue weighted by Crippen LogP contribution is 2.26. The fraction of sp³-hybridized carbons (Fsp3) is 0.278. The number of hydrogen-bond donors (Lipinski definition) is 3. The molecule has 126 valence electrons. The SMILES string of the molecule is C[NH+]1CCN(c2ccc(NC(=O)c3cccc(Cl)c3)c(N)c2)CC1. The molecule has 1 aliphatic rings. The van der Waals surface area contributed by atoms with E-state index in [1.165, 1.54) is 0 Å². The van der Waals surface area contributed by atoms with Crippen molar-refractivity contribution in [2.45, 2.75) is 0 Å². The smallest absolute Gasteiger partial charge is 0.255 e. The zero-order valence-corrected chi connectivity index (χ0v) is 14.4. The number of nitrogens with two attached hydrogens (primary N) is 1. The van der Waals surface area contributed by atoms with Crippen LogP contribution in [0.25, 0.3) is 0 Å². The Morgan fingerprint density at radius 3 is 2.62 bits per heavy atom. The Bertz CT molecular complexity index is 742. The number of likely N-dealkylation sites (N-methyl/N-ethyl adjacent to an activating group) is 1. The largest absolute Gasteiger partial charge is 0.397 e. The number of piperazine rings is 1. The Kier molecular flexibility index (Phi) is 4.92. The molecule has 0 bridgehead atoms. The van der Waals surface area contributed by atoms with E-state index >= 15 is 0 Å². The van der Waals surface area contributed by atoms with Gasteiger partial charge in [-0.1, -0.05) is 17.7 Å². The number of halogens is 1. The molecule has 0 aromatic heterocycles. The fourth-order valence-electron chi connectivity index (χ4n) is 2.83. The predicted octanol–water partition coefficient (Wildman–Crippen LogP) is 1.51. The van der Waals surface area contributed by atoms with Crippen molar-refractivity contribution in [3.8, 4) is 0 Å². The van der Waals surface area contributed by atoms with Crippen molar-refractivity contribution in [1.82, 2.24) is 0 Å². The summed E-state index contributed by atoms with van der Waals surface area (Å²) in [6.07, 6.45) is 0. The quantitative estimate of drug-likeness (QED) is 0.739. The summed E-state index contributed by atoms with van der Waals surface area (Å²) in [5.74, 6) is -0.222. The second-order valence-corrected chi connectivity index (χ2v) is 6.62. The van der Waals surface area contributed by atoms with Gasteiger partial charge in [0.1, 0.15) is 0 Å². The van der Waals surface area contributed by atoms with Crippen molar-refractivity contribution in [3.63, 3.8) is 0 Å². The summed E-state index contributed by atoms with van der Waals surface area (Å²) in [4.78, 5) is 16.2. The van der Waals surface area contributed by atoms with Gasteiger partial charge < -0.3 is 20.9 Å². The lowest BCUT2D eigenvalue weighted by atomic mass is 10.1. The van der Waals surface area contributed by atoms with Gasteiger partial charge in [-0.25, -0.2) is 0 Å². The van der Waals surface area contributed by atoms with E-state index in [0.717, 1.165) is 31.9 Å². The molecule has 1 saturated heterocycles. The summed E-state index contributed by atoms with van der Waals surface area (Å²) in [7, 11) is 2.21. The molecule has 1 fully saturated rings. The molecule has 0 atom stereocenters. The third kappa shape index (κ3) is 3.80. The molecule has 2 aromatic carbocycles. The van der Waals surface area contributed by atoms with E-state index in [-0.39, 0.29) is 5.91 Å². The van der Waals surface area contributed by atoms with Crippen LogP contribution in [0.2, 0.25) is 5.02 Å². The van der Waals surface area contributed by atoms with Crippen LogP contribution >= 0.6 is 11.6 Å². The third-order valence-electron chi connectivity index (χ3n) is 4.35. The van der Waals surface area contributed by atoms with E-state index in [1.54, 1.807) is 29.2 Å². The minimum absolute atomic E-state index is 0.222. The van der Waals surface area contributed by atoms with Crippen LogP contribution in [0.3, 0.4) is 0 Å². The molecule has 0 unspecified atom stereocenters. The zero-order valence-electron chi connectivity index (χ0n) is 13.7. The van der Waals surface area contributed by atoms with Gasteiger partial charge in [0.15, 0.2) is 0 Å². The zero-order chi connectivity index (χ0) is 17.1. The Labute approximate surface area is 147 Å². The van der Waals surface area contributed by atoms with E-state index in [1.807, 2.05) is 18.2 Å². The summed E-state index contributed by atoms with van der Waals surface area (Å²) in [5, 5.41) is 3.38. The number of nitrogens with zero attached hydrogens (tertiary/aromatic N) is 1. The van der Waals surface area contributed by atoms with Crippen LogP contribution in [0.4, 0.5) is 17.1 Å². The maximum Gasteiger partial charge on any atom is 0.255 e. The van der Waals surface area contributed by atoms with Crippen molar-refractivity contribution < 1.29 is 9.69 Å². The van der Waals surface area contributed by atoms with Crippen LogP contribution in [0, 0.1) is 0 Å². The van der Waals surface area contributed by atoms with Gasteiger partial charge in [0, 0.05) is 16.3 Å². The molecule has 1 amide bonds. The van der Waals surface area contributed by atoms with Gasteiger partial charge in [-0.2, -0.15) is 0 Å². The normalized spacial score (nSPS) is 15.3. The van der Waals surface area contributed by atoms with Crippen LogP contribution in [0.15, 0.2) is 42.5 Å². The highest BCUT2D eigenvalue weighted by molar-refractivity contribution is 6.31. The van der Waals surface area contributed by atoms with Crippen molar-refractivity contribution in [2.75, 3.05) is 49.2 Å². The number of carbonyl (C=O) groups is 1. The number of amides is 1. The number of quaternary nitrogens is 1. The Balaban J connectivity index is 1.72. The molecular formula is C18H22ClN4O+. The minimum atomic E-state index is -0.222. The van der Waals surface area contributed by atoms with Gasteiger partial charge in [0.2, 0.25) is 0 Å². The minimum Gasteiger partial charge on any atom is -0.397 e. The average molecular weight is 346 g/mol. The van der Waals surface area contributed by atoms with Gasteiger partial charge in [-0.05, 0) is 36.4 Å². The molecule has 1 heterocycles. The predicted molar refractivity (Wildman–Crippen MR) is 99.1 cm³/mol. The molecule has 2 aromatic rings. The first-order chi connectivity index (χ1) is 11.5. The van der Waals surface area contributed by atoms with E-state index in [4.69, 9.17) is 17.3 Å². The Morgan fingerprint density at radius 1 is 1.21 bits per heavy atom. The first-order valence-corrected chi connectivity index (χ1v) is 8.43. The number of rotatable bonds is 3. The van der Waals surface area contributed by atoms with Crippen molar-refractivity contribution in [3.05, 3.63) is 53.1 Å². The Morgan fingerprint density at radius 2 is 1.96 bits per heavy atom. The number of nitrogen functional groups attached to an aromatic ring is 1. The molecule has 1 aliphatic heterocycles. The summed E-state index contributed by atoms with van der Waals surface area (Å²) in [6, 6.07) is 12.6. The van der Waals surface area contributed by atoms with Gasteiger partial charge in [0.05, 0.1) is 44.6 Å². The first kappa shape index (κ1) is 16.6. The maximum atomic E-state index is 12.3. The fourth-order valence-corrected chi connectivity index (χ4v) is 3.02. The monoisotopic (exact) mass is 345 g/mol. The molecule has 0 aliphatic carbocycles. The second kappa shape index (κ2) is 7.11. The van der Waals surface area contributed by atoms with Crippen molar-refractivity contribution >= 4 is 34.6 Å². The van der Waals surface area contributed by atoms with E-state index in [0.29, 0.717) is 22.0 Å². The number of nitrogens with one attached hydrogen (secondary N) is 2. The van der Waals surface area contributed by atoms with Gasteiger partial charge in [-0.3, -0.25) is 4.79 Å². The van der Waals surface area contributed by atoms with Crippen LogP contribution in [0.1, 0.15) is 10.4 Å².